The molecule has 1 amide bonds. The van der Waals surface area contributed by atoms with Crippen LogP contribution in [0.25, 0.3) is 22.2 Å². The molecule has 4 rings (SSSR count). The Labute approximate surface area is 230 Å². The third-order valence-electron chi connectivity index (χ3n) is 6.27. The van der Waals surface area contributed by atoms with E-state index in [0.29, 0.717) is 23.1 Å². The van der Waals surface area contributed by atoms with Crippen LogP contribution >= 0.6 is 0 Å². The minimum absolute atomic E-state index is 0.0676. The molecule has 0 aliphatic carbocycles. The SMILES string of the molecule is C=CC(=O)Nc1cc(Nc2nccc(-c3cn(C)c4ccccc34)n2)c(OC(C)C)cc1N(C)CCN(C)C. The number of carbonyl (C=O) groups excluding carboxylic acids is 1. The van der Waals surface area contributed by atoms with Gasteiger partial charge in [-0.25, -0.2) is 9.97 Å². The van der Waals surface area contributed by atoms with Gasteiger partial charge in [-0.2, -0.15) is 0 Å². The summed E-state index contributed by atoms with van der Waals surface area (Å²) in [4.78, 5) is 25.8. The van der Waals surface area contributed by atoms with Gasteiger partial charge in [0.15, 0.2) is 0 Å². The molecule has 0 radical (unpaired) electrons. The molecule has 4 aromatic rings. The fourth-order valence-electron chi connectivity index (χ4n) is 4.32. The Morgan fingerprint density at radius 1 is 1.13 bits per heavy atom. The molecule has 0 unspecified atom stereocenters. The summed E-state index contributed by atoms with van der Waals surface area (Å²) < 4.78 is 8.30. The second-order valence-corrected chi connectivity index (χ2v) is 10.0. The first-order valence-corrected chi connectivity index (χ1v) is 12.9. The summed E-state index contributed by atoms with van der Waals surface area (Å²) >= 11 is 0. The van der Waals surface area contributed by atoms with E-state index in [1.165, 1.54) is 6.08 Å². The molecule has 2 aromatic heterocycles. The number of aryl methyl sites for hydroxylation is 1. The Morgan fingerprint density at radius 3 is 2.62 bits per heavy atom. The highest BCUT2D eigenvalue weighted by Crippen LogP contribution is 2.39. The van der Waals surface area contributed by atoms with Crippen LogP contribution in [0.1, 0.15) is 13.8 Å². The Balaban J connectivity index is 1.75. The van der Waals surface area contributed by atoms with E-state index in [4.69, 9.17) is 9.72 Å². The van der Waals surface area contributed by atoms with Crippen molar-refractivity contribution in [3.63, 3.8) is 0 Å². The second-order valence-electron chi connectivity index (χ2n) is 10.0. The van der Waals surface area contributed by atoms with E-state index < -0.39 is 0 Å². The van der Waals surface area contributed by atoms with Crippen molar-refractivity contribution in [2.75, 3.05) is 49.8 Å². The van der Waals surface area contributed by atoms with E-state index in [2.05, 4.69) is 54.9 Å². The lowest BCUT2D eigenvalue weighted by molar-refractivity contribution is -0.111. The first kappa shape index (κ1) is 27.7. The molecular weight excluding hydrogens is 490 g/mol. The van der Waals surface area contributed by atoms with Gasteiger partial charge >= 0.3 is 0 Å². The lowest BCUT2D eigenvalue weighted by Gasteiger charge is -2.26. The number of ether oxygens (including phenoxy) is 1. The van der Waals surface area contributed by atoms with E-state index in [9.17, 15) is 4.79 Å². The number of rotatable bonds is 11. The maximum Gasteiger partial charge on any atom is 0.247 e. The molecule has 0 aliphatic heterocycles. The second kappa shape index (κ2) is 12.0. The highest BCUT2D eigenvalue weighted by atomic mass is 16.5. The van der Waals surface area contributed by atoms with Crippen LogP contribution in [-0.4, -0.2) is 65.7 Å². The summed E-state index contributed by atoms with van der Waals surface area (Å²) in [5.41, 5.74) is 5.06. The van der Waals surface area contributed by atoms with Crippen LogP contribution in [0.3, 0.4) is 0 Å². The monoisotopic (exact) mass is 527 g/mol. The number of aromatic nitrogens is 3. The van der Waals surface area contributed by atoms with Crippen LogP contribution in [0, 0.1) is 0 Å². The number of fused-ring (bicyclic) bond motifs is 1. The van der Waals surface area contributed by atoms with Gasteiger partial charge < -0.3 is 29.7 Å². The molecule has 39 heavy (non-hydrogen) atoms. The molecule has 2 heterocycles. The largest absolute Gasteiger partial charge is 0.489 e. The minimum Gasteiger partial charge on any atom is -0.489 e. The van der Waals surface area contributed by atoms with Crippen molar-refractivity contribution >= 4 is 39.8 Å². The van der Waals surface area contributed by atoms with Gasteiger partial charge in [0.2, 0.25) is 11.9 Å². The summed E-state index contributed by atoms with van der Waals surface area (Å²) in [5.74, 6) is 0.756. The molecule has 204 valence electrons. The molecular formula is C30H37N7O2. The average Bonchev–Trinajstić information content (AvgIpc) is 3.25. The van der Waals surface area contributed by atoms with E-state index in [0.717, 1.165) is 40.9 Å². The van der Waals surface area contributed by atoms with Crippen molar-refractivity contribution in [1.29, 1.82) is 0 Å². The molecule has 2 N–H and O–H groups in total. The highest BCUT2D eigenvalue weighted by molar-refractivity contribution is 6.02. The van der Waals surface area contributed by atoms with Crippen molar-refractivity contribution in [1.82, 2.24) is 19.4 Å². The number of benzene rings is 2. The molecule has 0 aliphatic rings. The number of nitrogens with one attached hydrogen (secondary N) is 2. The summed E-state index contributed by atoms with van der Waals surface area (Å²) in [6, 6.07) is 13.9. The molecule has 0 saturated carbocycles. The number of hydrogen-bond donors (Lipinski definition) is 2. The molecule has 0 saturated heterocycles. The Kier molecular flexibility index (Phi) is 8.51. The number of para-hydroxylation sites is 1. The number of hydrogen-bond acceptors (Lipinski definition) is 7. The van der Waals surface area contributed by atoms with Gasteiger partial charge in [0.25, 0.3) is 0 Å². The molecule has 9 nitrogen and oxygen atoms in total. The summed E-state index contributed by atoms with van der Waals surface area (Å²) in [6.45, 7) is 9.16. The van der Waals surface area contributed by atoms with Crippen molar-refractivity contribution in [2.45, 2.75) is 20.0 Å². The highest BCUT2D eigenvalue weighted by Gasteiger charge is 2.18. The first-order valence-electron chi connectivity index (χ1n) is 12.9. The molecule has 0 atom stereocenters. The van der Waals surface area contributed by atoms with Gasteiger partial charge in [-0.05, 0) is 52.2 Å². The third-order valence-corrected chi connectivity index (χ3v) is 6.27. The summed E-state index contributed by atoms with van der Waals surface area (Å²) in [5, 5.41) is 7.40. The lowest BCUT2D eigenvalue weighted by atomic mass is 10.1. The first-order chi connectivity index (χ1) is 18.7. The number of carbonyl (C=O) groups is 1. The van der Waals surface area contributed by atoms with Gasteiger partial charge in [-0.1, -0.05) is 24.8 Å². The number of likely N-dealkylation sites (N-methyl/N-ethyl adjacent to an activating group) is 2. The smallest absolute Gasteiger partial charge is 0.247 e. The van der Waals surface area contributed by atoms with Crippen LogP contribution < -0.4 is 20.3 Å². The molecule has 2 aromatic carbocycles. The van der Waals surface area contributed by atoms with E-state index in [1.54, 1.807) is 6.20 Å². The maximum atomic E-state index is 12.3. The third kappa shape index (κ3) is 6.56. The van der Waals surface area contributed by atoms with Crippen molar-refractivity contribution in [2.24, 2.45) is 7.05 Å². The lowest BCUT2D eigenvalue weighted by Crippen LogP contribution is -2.29. The zero-order chi connectivity index (χ0) is 28.1. The number of amides is 1. The standard InChI is InChI=1S/C30H37N7O2/c1-8-29(38)32-24-17-25(28(39-20(2)3)18-27(24)36(6)16-15-35(4)5)34-30-31-14-13-23(33-30)22-19-37(7)26-12-10-9-11-21(22)26/h8-14,17-20H,1,15-16H2,2-7H3,(H,32,38)(H,31,33,34). The summed E-state index contributed by atoms with van der Waals surface area (Å²) in [7, 11) is 8.07. The van der Waals surface area contributed by atoms with E-state index in [-0.39, 0.29) is 12.0 Å². The number of anilines is 4. The van der Waals surface area contributed by atoms with Crippen molar-refractivity contribution in [3.8, 4) is 17.0 Å². The molecule has 9 heteroatoms. The normalized spacial score (nSPS) is 11.2. The van der Waals surface area contributed by atoms with E-state index >= 15 is 0 Å². The minimum atomic E-state index is -0.296. The molecule has 0 fully saturated rings. The van der Waals surface area contributed by atoms with Crippen LogP contribution in [-0.2, 0) is 11.8 Å². The van der Waals surface area contributed by atoms with Crippen molar-refractivity contribution in [3.05, 3.63) is 67.5 Å². The van der Waals surface area contributed by atoms with Gasteiger partial charge in [0.1, 0.15) is 5.75 Å². The summed E-state index contributed by atoms with van der Waals surface area (Å²) in [6.07, 6.45) is 5.00. The predicted octanol–water partition coefficient (Wildman–Crippen LogP) is 5.29. The molecule has 0 spiro atoms. The van der Waals surface area contributed by atoms with Crippen LogP contribution in [0.5, 0.6) is 5.75 Å². The van der Waals surface area contributed by atoms with Crippen molar-refractivity contribution < 1.29 is 9.53 Å². The topological polar surface area (TPSA) is 87.5 Å². The number of nitrogens with zero attached hydrogens (tertiary/aromatic N) is 5. The molecule has 0 bridgehead atoms. The Morgan fingerprint density at radius 2 is 1.90 bits per heavy atom. The average molecular weight is 528 g/mol. The van der Waals surface area contributed by atoms with Crippen LogP contribution in [0.15, 0.2) is 67.5 Å². The fraction of sp³-hybridized carbons (Fsp3) is 0.300. The van der Waals surface area contributed by atoms with Crippen LogP contribution in [0.4, 0.5) is 23.0 Å². The van der Waals surface area contributed by atoms with Gasteiger partial charge in [-0.15, -0.1) is 0 Å². The zero-order valence-corrected chi connectivity index (χ0v) is 23.5. The Bertz CT molecular complexity index is 1480. The predicted molar refractivity (Wildman–Crippen MR) is 160 cm³/mol. The van der Waals surface area contributed by atoms with Gasteiger partial charge in [0, 0.05) is 62.1 Å². The Hall–Kier alpha value is -4.37. The zero-order valence-electron chi connectivity index (χ0n) is 23.5. The van der Waals surface area contributed by atoms with E-state index in [1.807, 2.05) is 72.4 Å². The van der Waals surface area contributed by atoms with Gasteiger partial charge in [0.05, 0.1) is 28.9 Å². The van der Waals surface area contributed by atoms with Crippen LogP contribution in [0.2, 0.25) is 0 Å². The van der Waals surface area contributed by atoms with Gasteiger partial charge in [-0.3, -0.25) is 4.79 Å². The maximum absolute atomic E-state index is 12.3. The fourth-order valence-corrected chi connectivity index (χ4v) is 4.32. The quantitative estimate of drug-likeness (QED) is 0.256.